The summed E-state index contributed by atoms with van der Waals surface area (Å²) in [6.45, 7) is 0.331. The molecule has 3 rings (SSSR count). The van der Waals surface area contributed by atoms with Crippen molar-refractivity contribution in [3.8, 4) is 0 Å². The number of nitrogens with one attached hydrogen (secondary N) is 1. The first-order valence-corrected chi connectivity index (χ1v) is 10.1. The second-order valence-corrected chi connectivity index (χ2v) is 7.96. The highest BCUT2D eigenvalue weighted by atomic mass is 32.2. The van der Waals surface area contributed by atoms with Gasteiger partial charge >= 0.3 is 0 Å². The zero-order valence-corrected chi connectivity index (χ0v) is 15.5. The van der Waals surface area contributed by atoms with Crippen LogP contribution in [0.25, 0.3) is 6.08 Å². The van der Waals surface area contributed by atoms with E-state index in [2.05, 4.69) is 11.4 Å². The van der Waals surface area contributed by atoms with E-state index < -0.39 is 11.1 Å². The number of nitrogens with zero attached hydrogens (tertiary/aromatic N) is 1. The van der Waals surface area contributed by atoms with Gasteiger partial charge in [0.15, 0.2) is 0 Å². The average Bonchev–Trinajstić information content (AvgIpc) is 3.20. The minimum atomic E-state index is -0.395. The van der Waals surface area contributed by atoms with Crippen molar-refractivity contribution in [1.82, 2.24) is 10.2 Å². The van der Waals surface area contributed by atoms with E-state index in [1.54, 1.807) is 6.08 Å². The van der Waals surface area contributed by atoms with Gasteiger partial charge in [0.2, 0.25) is 5.91 Å². The third kappa shape index (κ3) is 4.83. The van der Waals surface area contributed by atoms with Crippen LogP contribution >= 0.6 is 23.1 Å². The van der Waals surface area contributed by atoms with Gasteiger partial charge in [0.05, 0.1) is 4.91 Å². The van der Waals surface area contributed by atoms with Crippen molar-refractivity contribution in [2.45, 2.75) is 32.1 Å². The molecule has 0 atom stereocenters. The Labute approximate surface area is 155 Å². The standard InChI is InChI=1S/C18H20N2O3S2/c21-16(19-9-8-13-5-2-1-3-6-13)12-20-17(22)15(25-18(20)23)11-14-7-4-10-24-14/h4-5,7,10-11H,1-3,6,8-9,12H2,(H,19,21)/b15-11-. The molecule has 0 saturated carbocycles. The maximum atomic E-state index is 12.3. The van der Waals surface area contributed by atoms with Gasteiger partial charge in [-0.3, -0.25) is 19.3 Å². The number of carbonyl (C=O) groups excluding carboxylic acids is 3. The van der Waals surface area contributed by atoms with Crippen molar-refractivity contribution in [3.63, 3.8) is 0 Å². The summed E-state index contributed by atoms with van der Waals surface area (Å²) in [5.74, 6) is -0.690. The van der Waals surface area contributed by atoms with Crippen LogP contribution in [0.15, 0.2) is 34.1 Å². The van der Waals surface area contributed by atoms with Crippen LogP contribution in [-0.4, -0.2) is 35.0 Å². The topological polar surface area (TPSA) is 66.5 Å². The summed E-state index contributed by atoms with van der Waals surface area (Å²) in [7, 11) is 0. The van der Waals surface area contributed by atoms with E-state index in [0.717, 1.165) is 40.8 Å². The van der Waals surface area contributed by atoms with Crippen molar-refractivity contribution in [1.29, 1.82) is 0 Å². The van der Waals surface area contributed by atoms with Crippen LogP contribution in [0.2, 0.25) is 0 Å². The van der Waals surface area contributed by atoms with E-state index in [0.29, 0.717) is 11.4 Å². The monoisotopic (exact) mass is 376 g/mol. The molecule has 2 heterocycles. The van der Waals surface area contributed by atoms with Crippen LogP contribution in [-0.2, 0) is 9.59 Å². The van der Waals surface area contributed by atoms with E-state index in [1.165, 1.54) is 29.8 Å². The largest absolute Gasteiger partial charge is 0.354 e. The Kier molecular flexibility index (Phi) is 6.09. The summed E-state index contributed by atoms with van der Waals surface area (Å²) in [6.07, 6.45) is 9.47. The number of hydrogen-bond acceptors (Lipinski definition) is 5. The van der Waals surface area contributed by atoms with Crippen molar-refractivity contribution in [3.05, 3.63) is 38.9 Å². The Morgan fingerprint density at radius 1 is 1.32 bits per heavy atom. The average molecular weight is 377 g/mol. The first-order valence-electron chi connectivity index (χ1n) is 8.37. The number of carbonyl (C=O) groups is 3. The van der Waals surface area contributed by atoms with Crippen LogP contribution in [0.5, 0.6) is 0 Å². The summed E-state index contributed by atoms with van der Waals surface area (Å²) >= 11 is 2.38. The van der Waals surface area contributed by atoms with Crippen LogP contribution in [0.3, 0.4) is 0 Å². The summed E-state index contributed by atoms with van der Waals surface area (Å²) in [5.41, 5.74) is 1.39. The smallest absolute Gasteiger partial charge is 0.294 e. The summed E-state index contributed by atoms with van der Waals surface area (Å²) in [5, 5.41) is 4.32. The van der Waals surface area contributed by atoms with Gasteiger partial charge in [0.1, 0.15) is 6.54 Å². The fourth-order valence-electron chi connectivity index (χ4n) is 2.83. The van der Waals surface area contributed by atoms with Gasteiger partial charge in [-0.05, 0) is 61.4 Å². The molecule has 0 bridgehead atoms. The molecule has 0 spiro atoms. The third-order valence-corrected chi connectivity index (χ3v) is 5.87. The first kappa shape index (κ1) is 17.9. The van der Waals surface area contributed by atoms with E-state index in [4.69, 9.17) is 0 Å². The van der Waals surface area contributed by atoms with Gasteiger partial charge < -0.3 is 5.32 Å². The van der Waals surface area contributed by atoms with Crippen LogP contribution < -0.4 is 5.32 Å². The van der Waals surface area contributed by atoms with Gasteiger partial charge in [-0.15, -0.1) is 11.3 Å². The van der Waals surface area contributed by atoms with Crippen molar-refractivity contribution in [2.24, 2.45) is 0 Å². The number of allylic oxidation sites excluding steroid dienone is 1. The normalized spacial score (nSPS) is 19.4. The first-order chi connectivity index (χ1) is 12.1. The van der Waals surface area contributed by atoms with E-state index in [1.807, 2.05) is 17.5 Å². The predicted molar refractivity (Wildman–Crippen MR) is 101 cm³/mol. The highest BCUT2D eigenvalue weighted by molar-refractivity contribution is 8.18. The van der Waals surface area contributed by atoms with E-state index in [-0.39, 0.29) is 12.5 Å². The number of hydrogen-bond donors (Lipinski definition) is 1. The molecule has 1 fully saturated rings. The lowest BCUT2D eigenvalue weighted by Crippen LogP contribution is -2.39. The highest BCUT2D eigenvalue weighted by Gasteiger charge is 2.36. The predicted octanol–water partition coefficient (Wildman–Crippen LogP) is 3.79. The zero-order chi connectivity index (χ0) is 17.6. The lowest BCUT2D eigenvalue weighted by Gasteiger charge is -2.14. The number of imide groups is 1. The number of thioether (sulfide) groups is 1. The third-order valence-electron chi connectivity index (χ3n) is 4.15. The van der Waals surface area contributed by atoms with Gasteiger partial charge in [-0.2, -0.15) is 0 Å². The Balaban J connectivity index is 1.50. The van der Waals surface area contributed by atoms with Crippen molar-refractivity contribution >= 4 is 46.2 Å². The second-order valence-electron chi connectivity index (χ2n) is 5.99. The molecule has 0 unspecified atom stereocenters. The minimum absolute atomic E-state index is 0.217. The molecule has 25 heavy (non-hydrogen) atoms. The van der Waals surface area contributed by atoms with Crippen molar-refractivity contribution in [2.75, 3.05) is 13.1 Å². The molecule has 1 saturated heterocycles. The zero-order valence-electron chi connectivity index (χ0n) is 13.8. The van der Waals surface area contributed by atoms with Gasteiger partial charge in [0.25, 0.3) is 11.1 Å². The van der Waals surface area contributed by atoms with Crippen LogP contribution in [0, 0.1) is 0 Å². The molecule has 2 aliphatic rings. The number of thiophene rings is 1. The molecule has 0 radical (unpaired) electrons. The molecule has 1 aromatic heterocycles. The van der Waals surface area contributed by atoms with Crippen LogP contribution in [0.1, 0.15) is 37.0 Å². The molecule has 1 aliphatic carbocycles. The van der Waals surface area contributed by atoms with Gasteiger partial charge in [-0.25, -0.2) is 0 Å². The molecule has 5 nitrogen and oxygen atoms in total. The summed E-state index contributed by atoms with van der Waals surface area (Å²) in [4.78, 5) is 38.7. The lowest BCUT2D eigenvalue weighted by atomic mass is 9.97. The molecule has 3 amide bonds. The molecule has 1 aliphatic heterocycles. The fourth-order valence-corrected chi connectivity index (χ4v) is 4.39. The summed E-state index contributed by atoms with van der Waals surface area (Å²) in [6, 6.07) is 3.77. The maximum absolute atomic E-state index is 12.3. The fraction of sp³-hybridized carbons (Fsp3) is 0.389. The second kappa shape index (κ2) is 8.49. The molecule has 132 valence electrons. The Morgan fingerprint density at radius 3 is 2.92 bits per heavy atom. The van der Waals surface area contributed by atoms with Crippen LogP contribution in [0.4, 0.5) is 4.79 Å². The number of amides is 3. The minimum Gasteiger partial charge on any atom is -0.354 e. The molecule has 7 heteroatoms. The Hall–Kier alpha value is -1.86. The Bertz CT molecular complexity index is 723. The quantitative estimate of drug-likeness (QED) is 0.606. The van der Waals surface area contributed by atoms with Crippen molar-refractivity contribution < 1.29 is 14.4 Å². The molecular formula is C18H20N2O3S2. The van der Waals surface area contributed by atoms with Gasteiger partial charge in [0, 0.05) is 11.4 Å². The molecule has 1 N–H and O–H groups in total. The number of rotatable bonds is 6. The molecule has 1 aromatic rings. The maximum Gasteiger partial charge on any atom is 0.294 e. The Morgan fingerprint density at radius 2 is 2.20 bits per heavy atom. The van der Waals surface area contributed by atoms with E-state index >= 15 is 0 Å². The lowest BCUT2D eigenvalue weighted by molar-refractivity contribution is -0.129. The highest BCUT2D eigenvalue weighted by Crippen LogP contribution is 2.32. The molecule has 0 aromatic carbocycles. The summed E-state index contributed by atoms with van der Waals surface area (Å²) < 4.78 is 0. The molecular weight excluding hydrogens is 356 g/mol. The van der Waals surface area contributed by atoms with E-state index in [9.17, 15) is 14.4 Å². The van der Waals surface area contributed by atoms with Gasteiger partial charge in [-0.1, -0.05) is 17.7 Å². The SMILES string of the molecule is O=C(CN1C(=O)S/C(=C\c2cccs2)C1=O)NCCC1=CCCCC1.